The highest BCUT2D eigenvalue weighted by Crippen LogP contribution is 2.39. The van der Waals surface area contributed by atoms with E-state index in [1.165, 1.54) is 17.0 Å². The molecule has 3 rings (SSSR count). The summed E-state index contributed by atoms with van der Waals surface area (Å²) in [6.07, 6.45) is 3.92. The normalized spacial score (nSPS) is 15.0. The van der Waals surface area contributed by atoms with Gasteiger partial charge in [-0.05, 0) is 26.0 Å². The van der Waals surface area contributed by atoms with Crippen LogP contribution in [0.4, 0.5) is 11.4 Å². The van der Waals surface area contributed by atoms with Crippen LogP contribution in [-0.4, -0.2) is 23.2 Å². The molecule has 1 aliphatic heterocycles. The quantitative estimate of drug-likeness (QED) is 0.515. The average molecular weight is 446 g/mol. The Hall–Kier alpha value is -1.95. The van der Waals surface area contributed by atoms with Gasteiger partial charge in [0.2, 0.25) is 11.6 Å². The fourth-order valence-electron chi connectivity index (χ4n) is 3.41. The predicted octanol–water partition coefficient (Wildman–Crippen LogP) is 1.26. The Morgan fingerprint density at radius 1 is 1.04 bits per heavy atom. The van der Waals surface area contributed by atoms with Crippen LogP contribution in [0.2, 0.25) is 0 Å². The van der Waals surface area contributed by atoms with Crippen molar-refractivity contribution in [2.75, 3.05) is 11.9 Å². The third kappa shape index (κ3) is 3.54. The maximum absolute atomic E-state index is 12.1. The Morgan fingerprint density at radius 3 is 2.24 bits per heavy atom. The van der Waals surface area contributed by atoms with E-state index in [9.17, 15) is 4.79 Å². The van der Waals surface area contributed by atoms with Crippen molar-refractivity contribution < 1.29 is 33.3 Å². The highest BCUT2D eigenvalue weighted by molar-refractivity contribution is 6.04. The van der Waals surface area contributed by atoms with Crippen LogP contribution < -0.4 is 28.9 Å². The minimum Gasteiger partial charge on any atom is -1.00 e. The largest absolute Gasteiger partial charge is 1.00 e. The Kier molecular flexibility index (Phi) is 5.83. The number of anilines is 1. The maximum atomic E-state index is 12.1. The zero-order valence-corrected chi connectivity index (χ0v) is 17.2. The van der Waals surface area contributed by atoms with E-state index in [4.69, 9.17) is 0 Å². The Morgan fingerprint density at radius 2 is 1.64 bits per heavy atom. The predicted molar refractivity (Wildman–Crippen MR) is 99.1 cm³/mol. The smallest absolute Gasteiger partial charge is 0.227 e. The topological polar surface area (TPSA) is 23.3 Å². The first kappa shape index (κ1) is 19.4. The van der Waals surface area contributed by atoms with Crippen molar-refractivity contribution >= 4 is 23.0 Å². The number of amides is 1. The van der Waals surface area contributed by atoms with Crippen LogP contribution in [-0.2, 0) is 10.2 Å². The number of hydrogen-bond acceptors (Lipinski definition) is 1. The summed E-state index contributed by atoms with van der Waals surface area (Å²) in [7, 11) is 2.08. The molecule has 0 N–H and O–H groups in total. The molecule has 0 bridgehead atoms. The summed E-state index contributed by atoms with van der Waals surface area (Å²) in [5.74, 6) is -0.00554. The number of halogens is 1. The molecular formula is C21H23IN2O. The summed E-state index contributed by atoms with van der Waals surface area (Å²) in [5, 5.41) is 0. The van der Waals surface area contributed by atoms with Crippen molar-refractivity contribution in [3.8, 4) is 0 Å². The molecular weight excluding hydrogens is 423 g/mol. The standard InChI is InChI=1S/C21H23N2O.HI/c1-16(24)23(17-10-6-5-7-11-17)15-14-20-21(2,3)18-12-8-9-13-19(18)22(20)4;/h5-15H,1-4H3;1H/q+1;/p-1. The molecule has 0 aromatic heterocycles. The number of rotatable bonds is 3. The number of carbonyl (C=O) groups excluding carboxylic acids is 1. The summed E-state index contributed by atoms with van der Waals surface area (Å²) in [4.78, 5) is 13.7. The molecule has 0 fully saturated rings. The van der Waals surface area contributed by atoms with Crippen LogP contribution in [0.3, 0.4) is 0 Å². The number of hydrogen-bond donors (Lipinski definition) is 0. The molecule has 1 heterocycles. The van der Waals surface area contributed by atoms with Gasteiger partial charge < -0.3 is 24.0 Å². The van der Waals surface area contributed by atoms with Crippen LogP contribution in [0.25, 0.3) is 0 Å². The van der Waals surface area contributed by atoms with Crippen LogP contribution in [0.5, 0.6) is 0 Å². The minimum atomic E-state index is -0.0962. The lowest BCUT2D eigenvalue weighted by Crippen LogP contribution is -3.00. The molecule has 130 valence electrons. The van der Waals surface area contributed by atoms with Gasteiger partial charge in [-0.15, -0.1) is 0 Å². The molecule has 1 aliphatic rings. The summed E-state index contributed by atoms with van der Waals surface area (Å²) in [6, 6.07) is 18.1. The average Bonchev–Trinajstić information content (AvgIpc) is 2.76. The first-order valence-corrected chi connectivity index (χ1v) is 8.16. The zero-order chi connectivity index (χ0) is 17.3. The van der Waals surface area contributed by atoms with Gasteiger partial charge in [0, 0.05) is 36.5 Å². The molecule has 0 aliphatic carbocycles. The molecule has 2 aromatic carbocycles. The molecule has 0 spiro atoms. The van der Waals surface area contributed by atoms with Crippen molar-refractivity contribution in [1.29, 1.82) is 0 Å². The van der Waals surface area contributed by atoms with Gasteiger partial charge in [0.15, 0.2) is 5.71 Å². The first-order valence-electron chi connectivity index (χ1n) is 8.16. The van der Waals surface area contributed by atoms with Crippen molar-refractivity contribution in [3.63, 3.8) is 0 Å². The van der Waals surface area contributed by atoms with Crippen molar-refractivity contribution in [1.82, 2.24) is 0 Å². The van der Waals surface area contributed by atoms with Crippen LogP contribution in [0.15, 0.2) is 66.9 Å². The molecule has 2 aromatic rings. The molecule has 4 heteroatoms. The van der Waals surface area contributed by atoms with Crippen LogP contribution in [0, 0.1) is 0 Å². The second-order valence-electron chi connectivity index (χ2n) is 6.63. The molecule has 1 amide bonds. The molecule has 25 heavy (non-hydrogen) atoms. The van der Waals surface area contributed by atoms with Crippen molar-refractivity contribution in [3.05, 3.63) is 72.4 Å². The minimum absolute atomic E-state index is 0. The fraction of sp³-hybridized carbons (Fsp3) is 0.238. The molecule has 0 saturated heterocycles. The molecule has 0 saturated carbocycles. The SMILES string of the molecule is CC(=O)N(/C=C/C1=[N+](C)c2ccccc2C1(C)C)c1ccccc1.[I-]. The van der Waals surface area contributed by atoms with Gasteiger partial charge in [0.05, 0.1) is 5.41 Å². The van der Waals surface area contributed by atoms with Gasteiger partial charge in [-0.2, -0.15) is 4.58 Å². The molecule has 3 nitrogen and oxygen atoms in total. The van der Waals surface area contributed by atoms with Gasteiger partial charge in [-0.1, -0.05) is 36.4 Å². The lowest BCUT2D eigenvalue weighted by Gasteiger charge is -2.18. The van der Waals surface area contributed by atoms with Gasteiger partial charge in [-0.25, -0.2) is 0 Å². The Balaban J connectivity index is 0.00000225. The van der Waals surface area contributed by atoms with Crippen LogP contribution in [0.1, 0.15) is 26.3 Å². The van der Waals surface area contributed by atoms with E-state index in [2.05, 4.69) is 55.8 Å². The van der Waals surface area contributed by atoms with Gasteiger partial charge in [0.25, 0.3) is 0 Å². The van der Waals surface area contributed by atoms with Crippen LogP contribution >= 0.6 is 0 Å². The highest BCUT2D eigenvalue weighted by atomic mass is 127. The summed E-state index contributed by atoms with van der Waals surface area (Å²) in [5.41, 5.74) is 4.47. The lowest BCUT2D eigenvalue weighted by atomic mass is 9.81. The van der Waals surface area contributed by atoms with Crippen molar-refractivity contribution in [2.45, 2.75) is 26.2 Å². The third-order valence-electron chi connectivity index (χ3n) is 4.70. The lowest BCUT2D eigenvalue weighted by molar-refractivity contribution is -0.401. The first-order chi connectivity index (χ1) is 11.4. The highest BCUT2D eigenvalue weighted by Gasteiger charge is 2.42. The van der Waals surface area contributed by atoms with E-state index in [0.717, 1.165) is 5.69 Å². The molecule has 0 atom stereocenters. The van der Waals surface area contributed by atoms with Gasteiger partial charge in [0.1, 0.15) is 7.05 Å². The number of fused-ring (bicyclic) bond motifs is 1. The van der Waals surface area contributed by atoms with E-state index < -0.39 is 0 Å². The molecule has 0 radical (unpaired) electrons. The second-order valence-corrected chi connectivity index (χ2v) is 6.63. The maximum Gasteiger partial charge on any atom is 0.227 e. The van der Waals surface area contributed by atoms with Gasteiger partial charge >= 0.3 is 0 Å². The van der Waals surface area contributed by atoms with E-state index in [1.807, 2.05) is 36.5 Å². The fourth-order valence-corrected chi connectivity index (χ4v) is 3.41. The second kappa shape index (κ2) is 7.52. The number of allylic oxidation sites excluding steroid dienone is 1. The summed E-state index contributed by atoms with van der Waals surface area (Å²) in [6.45, 7) is 6.02. The van der Waals surface area contributed by atoms with Gasteiger partial charge in [-0.3, -0.25) is 9.69 Å². The number of benzene rings is 2. The van der Waals surface area contributed by atoms with Crippen molar-refractivity contribution in [2.24, 2.45) is 0 Å². The Bertz CT molecular complexity index is 838. The Labute approximate surface area is 166 Å². The number of carbonyl (C=O) groups is 1. The summed E-state index contributed by atoms with van der Waals surface area (Å²) < 4.78 is 2.20. The number of para-hydroxylation sites is 2. The van der Waals surface area contributed by atoms with E-state index in [-0.39, 0.29) is 35.3 Å². The summed E-state index contributed by atoms with van der Waals surface area (Å²) >= 11 is 0. The molecule has 0 unspecified atom stereocenters. The number of nitrogens with zero attached hydrogens (tertiary/aromatic N) is 2. The third-order valence-corrected chi connectivity index (χ3v) is 4.70. The van der Waals surface area contributed by atoms with E-state index in [0.29, 0.717) is 0 Å². The zero-order valence-electron chi connectivity index (χ0n) is 15.0. The van der Waals surface area contributed by atoms with E-state index >= 15 is 0 Å². The van der Waals surface area contributed by atoms with E-state index in [1.54, 1.807) is 11.8 Å². The monoisotopic (exact) mass is 446 g/mol.